The highest BCUT2D eigenvalue weighted by Crippen LogP contribution is 2.39. The Labute approximate surface area is 234 Å². The van der Waals surface area contributed by atoms with Crippen LogP contribution in [-0.2, 0) is 10.0 Å². The molecule has 1 aliphatic carbocycles. The molecule has 0 aromatic heterocycles. The maximum atomic E-state index is 13.1. The smallest absolute Gasteiger partial charge is 0.391 e. The number of anilines is 1. The summed E-state index contributed by atoms with van der Waals surface area (Å²) in [6.07, 6.45) is -3.47. The van der Waals surface area contributed by atoms with E-state index < -0.39 is 28.0 Å². The molecule has 0 bridgehead atoms. The van der Waals surface area contributed by atoms with E-state index >= 15 is 0 Å². The van der Waals surface area contributed by atoms with Gasteiger partial charge in [-0.05, 0) is 86.2 Å². The predicted molar refractivity (Wildman–Crippen MR) is 144 cm³/mol. The Morgan fingerprint density at radius 3 is 2.26 bits per heavy atom. The van der Waals surface area contributed by atoms with Gasteiger partial charge >= 0.3 is 6.18 Å². The molecule has 6 nitrogen and oxygen atoms in total. The number of nitrogens with one attached hydrogen (secondary N) is 2. The summed E-state index contributed by atoms with van der Waals surface area (Å²) in [7, 11) is -4.10. The molecule has 2 N–H and O–H groups in total. The molecule has 1 saturated carbocycles. The van der Waals surface area contributed by atoms with Crippen LogP contribution in [0.5, 0.6) is 11.5 Å². The number of alkyl halides is 3. The van der Waals surface area contributed by atoms with Gasteiger partial charge in [0.25, 0.3) is 15.9 Å². The normalized spacial score (nSPS) is 17.9. The van der Waals surface area contributed by atoms with Gasteiger partial charge in [-0.25, -0.2) is 8.42 Å². The highest BCUT2D eigenvalue weighted by molar-refractivity contribution is 7.92. The molecular weight excluding hydrogens is 576 g/mol. The lowest BCUT2D eigenvalue weighted by atomic mass is 9.81. The number of benzene rings is 3. The molecule has 0 saturated heterocycles. The lowest BCUT2D eigenvalue weighted by Crippen LogP contribution is -2.34. The minimum Gasteiger partial charge on any atom is -0.456 e. The number of rotatable bonds is 8. The van der Waals surface area contributed by atoms with Gasteiger partial charge in [0.2, 0.25) is 0 Å². The van der Waals surface area contributed by atoms with Crippen molar-refractivity contribution in [3.8, 4) is 11.5 Å². The average Bonchev–Trinajstić information content (AvgIpc) is 2.89. The second-order valence-corrected chi connectivity index (χ2v) is 11.8. The van der Waals surface area contributed by atoms with Gasteiger partial charge in [-0.2, -0.15) is 13.2 Å². The molecule has 12 heteroatoms. The summed E-state index contributed by atoms with van der Waals surface area (Å²) in [6.45, 7) is 0.176. The fourth-order valence-electron chi connectivity index (χ4n) is 4.36. The molecule has 1 aliphatic rings. The topological polar surface area (TPSA) is 84.5 Å². The van der Waals surface area contributed by atoms with Crippen LogP contribution < -0.4 is 14.8 Å². The number of ether oxygens (including phenoxy) is 1. The number of halogens is 5. The second kappa shape index (κ2) is 12.1. The van der Waals surface area contributed by atoms with Crippen molar-refractivity contribution in [1.29, 1.82) is 0 Å². The van der Waals surface area contributed by atoms with Crippen LogP contribution in [0.2, 0.25) is 10.0 Å². The summed E-state index contributed by atoms with van der Waals surface area (Å²) in [4.78, 5) is 12.9. The first-order valence-electron chi connectivity index (χ1n) is 12.1. The number of para-hydroxylation sites is 1. The fourth-order valence-corrected chi connectivity index (χ4v) is 5.79. The van der Waals surface area contributed by atoms with Crippen LogP contribution >= 0.6 is 23.2 Å². The Kier molecular flexibility index (Phi) is 8.98. The third-order valence-corrected chi connectivity index (χ3v) is 8.46. The van der Waals surface area contributed by atoms with Crippen LogP contribution in [0, 0.1) is 11.8 Å². The maximum Gasteiger partial charge on any atom is 0.391 e. The molecule has 0 radical (unpaired) electrons. The lowest BCUT2D eigenvalue weighted by Gasteiger charge is -2.29. The molecule has 208 valence electrons. The highest BCUT2D eigenvalue weighted by Gasteiger charge is 2.41. The van der Waals surface area contributed by atoms with E-state index in [1.54, 1.807) is 24.3 Å². The zero-order valence-corrected chi connectivity index (χ0v) is 22.8. The Bertz CT molecular complexity index is 1430. The number of carbonyl (C=O) groups is 1. The van der Waals surface area contributed by atoms with E-state index in [9.17, 15) is 26.4 Å². The third-order valence-electron chi connectivity index (χ3n) is 6.53. The Morgan fingerprint density at radius 2 is 1.62 bits per heavy atom. The Morgan fingerprint density at radius 1 is 0.949 bits per heavy atom. The van der Waals surface area contributed by atoms with Crippen molar-refractivity contribution in [3.63, 3.8) is 0 Å². The van der Waals surface area contributed by atoms with E-state index in [-0.39, 0.29) is 46.5 Å². The molecule has 0 spiro atoms. The van der Waals surface area contributed by atoms with Gasteiger partial charge in [0.05, 0.1) is 27.1 Å². The Balaban J connectivity index is 1.42. The zero-order chi connectivity index (χ0) is 28.2. The van der Waals surface area contributed by atoms with Crippen molar-refractivity contribution in [3.05, 3.63) is 82.3 Å². The summed E-state index contributed by atoms with van der Waals surface area (Å²) in [5.41, 5.74) is 0.00259. The number of amides is 1. The zero-order valence-electron chi connectivity index (χ0n) is 20.5. The number of carbonyl (C=O) groups excluding carboxylic acids is 1. The van der Waals surface area contributed by atoms with Crippen LogP contribution in [-0.4, -0.2) is 27.0 Å². The first-order valence-corrected chi connectivity index (χ1v) is 14.4. The molecule has 0 aliphatic heterocycles. The van der Waals surface area contributed by atoms with Gasteiger partial charge in [0, 0.05) is 11.6 Å². The SMILES string of the molecule is O=C(NCC1CCC(C(F)(F)F)CC1)c1cc(Cl)ccc1NS(=O)(=O)c1ccc(Oc2ccccc2Cl)cc1. The molecule has 39 heavy (non-hydrogen) atoms. The van der Waals surface area contributed by atoms with Crippen molar-refractivity contribution >= 4 is 44.8 Å². The number of hydrogen-bond acceptors (Lipinski definition) is 4. The Hall–Kier alpha value is -2.95. The van der Waals surface area contributed by atoms with Crippen molar-refractivity contribution in [2.45, 2.75) is 36.8 Å². The number of hydrogen-bond donors (Lipinski definition) is 2. The van der Waals surface area contributed by atoms with Crippen LogP contribution in [0.15, 0.2) is 71.6 Å². The average molecular weight is 601 g/mol. The van der Waals surface area contributed by atoms with E-state index in [4.69, 9.17) is 27.9 Å². The summed E-state index contributed by atoms with van der Waals surface area (Å²) in [6, 6.07) is 16.6. The van der Waals surface area contributed by atoms with E-state index in [2.05, 4.69) is 10.0 Å². The quantitative estimate of drug-likeness (QED) is 0.277. The molecule has 0 unspecified atom stereocenters. The minimum atomic E-state index is -4.20. The molecule has 1 amide bonds. The largest absolute Gasteiger partial charge is 0.456 e. The molecule has 3 aromatic carbocycles. The second-order valence-electron chi connectivity index (χ2n) is 9.27. The molecule has 0 atom stereocenters. The maximum absolute atomic E-state index is 13.1. The van der Waals surface area contributed by atoms with Gasteiger partial charge in [-0.1, -0.05) is 35.3 Å². The molecular formula is C27H25Cl2F3N2O4S. The summed E-state index contributed by atoms with van der Waals surface area (Å²) < 4.78 is 73.0. The number of sulfonamides is 1. The molecule has 0 heterocycles. The summed E-state index contributed by atoms with van der Waals surface area (Å²) in [5.74, 6) is -1.21. The predicted octanol–water partition coefficient (Wildman–Crippen LogP) is 7.69. The van der Waals surface area contributed by atoms with E-state index in [0.717, 1.165) is 0 Å². The van der Waals surface area contributed by atoms with E-state index in [1.807, 2.05) is 0 Å². The third kappa shape index (κ3) is 7.58. The van der Waals surface area contributed by atoms with Crippen LogP contribution in [0.1, 0.15) is 36.0 Å². The highest BCUT2D eigenvalue weighted by atomic mass is 35.5. The van der Waals surface area contributed by atoms with E-state index in [0.29, 0.717) is 29.4 Å². The molecule has 1 fully saturated rings. The molecule has 4 rings (SSSR count). The summed E-state index contributed by atoms with van der Waals surface area (Å²) in [5, 5.41) is 3.33. The van der Waals surface area contributed by atoms with Crippen molar-refractivity contribution in [2.24, 2.45) is 11.8 Å². The molecule has 3 aromatic rings. The van der Waals surface area contributed by atoms with Gasteiger partial charge in [0.1, 0.15) is 11.5 Å². The minimum absolute atomic E-state index is 0.00581. The summed E-state index contributed by atoms with van der Waals surface area (Å²) >= 11 is 12.2. The van der Waals surface area contributed by atoms with Crippen molar-refractivity contribution in [1.82, 2.24) is 5.32 Å². The lowest BCUT2D eigenvalue weighted by molar-refractivity contribution is -0.183. The van der Waals surface area contributed by atoms with Crippen LogP contribution in [0.3, 0.4) is 0 Å². The van der Waals surface area contributed by atoms with Gasteiger partial charge < -0.3 is 10.1 Å². The van der Waals surface area contributed by atoms with Crippen molar-refractivity contribution in [2.75, 3.05) is 11.3 Å². The van der Waals surface area contributed by atoms with E-state index in [1.165, 1.54) is 42.5 Å². The van der Waals surface area contributed by atoms with Gasteiger partial charge in [-0.3, -0.25) is 9.52 Å². The first kappa shape index (κ1) is 29.0. The van der Waals surface area contributed by atoms with Gasteiger partial charge in [0.15, 0.2) is 0 Å². The van der Waals surface area contributed by atoms with Crippen LogP contribution in [0.25, 0.3) is 0 Å². The van der Waals surface area contributed by atoms with Crippen LogP contribution in [0.4, 0.5) is 18.9 Å². The standard InChI is InChI=1S/C27H25Cl2F3N2O4S/c28-19-9-14-24(22(15-19)26(35)33-16-17-5-7-18(8-6-17)27(30,31)32)34-39(36,37)21-12-10-20(11-13-21)38-25-4-2-1-3-23(25)29/h1-4,9-15,17-18,34H,5-8,16H2,(H,33,35). The monoisotopic (exact) mass is 600 g/mol. The first-order chi connectivity index (χ1) is 18.4. The van der Waals surface area contributed by atoms with Crippen molar-refractivity contribution < 1.29 is 31.1 Å². The fraction of sp³-hybridized carbons (Fsp3) is 0.296. The van der Waals surface area contributed by atoms with Gasteiger partial charge in [-0.15, -0.1) is 0 Å².